The van der Waals surface area contributed by atoms with Crippen LogP contribution >= 0.6 is 11.9 Å². The van der Waals surface area contributed by atoms with Crippen molar-refractivity contribution in [2.45, 2.75) is 12.1 Å². The maximum atomic E-state index is 10.9. The van der Waals surface area contributed by atoms with Crippen LogP contribution in [0.4, 0.5) is 0 Å². The molecule has 0 saturated carbocycles. The lowest BCUT2D eigenvalue weighted by atomic mass is 10.0. The minimum absolute atomic E-state index is 0.0550. The number of aliphatic hydroxyl groups excluding tert-OH is 1. The molecule has 0 aromatic heterocycles. The van der Waals surface area contributed by atoms with Gasteiger partial charge in [0.2, 0.25) is 0 Å². The molecular weight excluding hydrogens is 222 g/mol. The lowest BCUT2D eigenvalue weighted by molar-refractivity contribution is -0.138. The number of hydrogen-bond acceptors (Lipinski definition) is 5. The zero-order valence-electron chi connectivity index (χ0n) is 7.63. The van der Waals surface area contributed by atoms with Gasteiger partial charge in [0.1, 0.15) is 29.8 Å². The largest absolute Gasteiger partial charge is 0.508 e. The normalized spacial score (nSPS) is 14.3. The van der Waals surface area contributed by atoms with Crippen molar-refractivity contribution in [3.8, 4) is 5.75 Å². The number of nitrogens with two attached hydrogens (primary N) is 1. The fourth-order valence-corrected chi connectivity index (χ4v) is 1.16. The predicted molar refractivity (Wildman–Crippen MR) is 53.0 cm³/mol. The smallest absolute Gasteiger partial charge is 0.344 e. The van der Waals surface area contributed by atoms with Crippen molar-refractivity contribution in [3.63, 3.8) is 0 Å². The molecule has 0 aliphatic rings. The Bertz CT molecular complexity index is 340. The summed E-state index contributed by atoms with van der Waals surface area (Å²) >= 11 is 4.82. The first kappa shape index (κ1) is 11.8. The molecule has 15 heavy (non-hydrogen) atoms. The van der Waals surface area contributed by atoms with Gasteiger partial charge in [-0.05, 0) is 17.7 Å². The molecule has 0 aliphatic heterocycles. The number of carbonyl (C=O) groups is 1. The van der Waals surface area contributed by atoms with Gasteiger partial charge in [0.05, 0.1) is 0 Å². The van der Waals surface area contributed by atoms with E-state index in [2.05, 4.69) is 4.29 Å². The molecule has 0 heterocycles. The van der Waals surface area contributed by atoms with Gasteiger partial charge in [0.15, 0.2) is 0 Å². The minimum Gasteiger partial charge on any atom is -0.508 e. The summed E-state index contributed by atoms with van der Waals surface area (Å²) in [7, 11) is 0. The van der Waals surface area contributed by atoms with Crippen LogP contribution in [0.1, 0.15) is 11.7 Å². The lowest BCUT2D eigenvalue weighted by Gasteiger charge is -2.15. The summed E-state index contributed by atoms with van der Waals surface area (Å²) in [4.78, 5) is 10.9. The van der Waals surface area contributed by atoms with Gasteiger partial charge in [-0.3, -0.25) is 0 Å². The summed E-state index contributed by atoms with van der Waals surface area (Å²) < 4.78 is 3.88. The highest BCUT2D eigenvalue weighted by atomic mass is 35.5. The lowest BCUT2D eigenvalue weighted by Crippen LogP contribution is -2.36. The number of phenols is 1. The van der Waals surface area contributed by atoms with E-state index >= 15 is 0 Å². The van der Waals surface area contributed by atoms with Crippen molar-refractivity contribution in [3.05, 3.63) is 29.8 Å². The van der Waals surface area contributed by atoms with Gasteiger partial charge in [-0.1, -0.05) is 12.1 Å². The molecule has 0 bridgehead atoms. The molecule has 0 saturated heterocycles. The van der Waals surface area contributed by atoms with E-state index in [1.807, 2.05) is 0 Å². The van der Waals surface area contributed by atoms with E-state index < -0.39 is 18.1 Å². The first-order chi connectivity index (χ1) is 7.06. The highest BCUT2D eigenvalue weighted by Gasteiger charge is 2.25. The summed E-state index contributed by atoms with van der Waals surface area (Å²) in [6.45, 7) is 0. The fraction of sp³-hybridized carbons (Fsp3) is 0.222. The fourth-order valence-electron chi connectivity index (χ4n) is 1.06. The molecule has 0 aliphatic carbocycles. The predicted octanol–water partition coefficient (Wildman–Crippen LogP) is 0.450. The van der Waals surface area contributed by atoms with Gasteiger partial charge in [0, 0.05) is 0 Å². The third-order valence-corrected chi connectivity index (χ3v) is 2.08. The van der Waals surface area contributed by atoms with Crippen LogP contribution in [0.5, 0.6) is 5.75 Å². The maximum absolute atomic E-state index is 10.9. The average Bonchev–Trinajstić information content (AvgIpc) is 2.27. The van der Waals surface area contributed by atoms with Crippen molar-refractivity contribution in [2.24, 2.45) is 5.73 Å². The van der Waals surface area contributed by atoms with Gasteiger partial charge in [0.25, 0.3) is 0 Å². The Hall–Kier alpha value is -1.30. The van der Waals surface area contributed by atoms with Crippen LogP contribution in [0.3, 0.4) is 0 Å². The molecule has 0 fully saturated rings. The molecule has 4 N–H and O–H groups in total. The van der Waals surface area contributed by atoms with E-state index in [9.17, 15) is 9.90 Å². The van der Waals surface area contributed by atoms with Crippen LogP contribution in [0, 0.1) is 0 Å². The average molecular weight is 232 g/mol. The Kier molecular flexibility index (Phi) is 3.90. The molecule has 82 valence electrons. The van der Waals surface area contributed by atoms with Gasteiger partial charge < -0.3 is 20.2 Å². The third kappa shape index (κ3) is 2.82. The topological polar surface area (TPSA) is 92.8 Å². The monoisotopic (exact) mass is 231 g/mol. The summed E-state index contributed by atoms with van der Waals surface area (Å²) in [5.74, 6) is -0.864. The Morgan fingerprint density at radius 3 is 2.40 bits per heavy atom. The highest BCUT2D eigenvalue weighted by molar-refractivity contribution is 6.13. The number of benzene rings is 1. The summed E-state index contributed by atoms with van der Waals surface area (Å²) in [5, 5.41) is 18.6. The van der Waals surface area contributed by atoms with Gasteiger partial charge in [-0.2, -0.15) is 0 Å². The van der Waals surface area contributed by atoms with E-state index in [0.29, 0.717) is 5.56 Å². The van der Waals surface area contributed by atoms with Crippen molar-refractivity contribution in [1.82, 2.24) is 0 Å². The van der Waals surface area contributed by atoms with E-state index in [4.69, 9.17) is 22.7 Å². The standard InChI is InChI=1S/C9H10ClNO4/c10-15-9(14)7(11)8(13)5-1-3-6(12)4-2-5/h1-4,7-8,12-13H,11H2/t7-,8?/m0/s1. The second-order valence-corrected chi connectivity index (χ2v) is 3.11. The molecule has 0 spiro atoms. The maximum Gasteiger partial charge on any atom is 0.344 e. The minimum atomic E-state index is -1.26. The van der Waals surface area contributed by atoms with Crippen LogP contribution in [-0.2, 0) is 9.08 Å². The summed E-state index contributed by atoms with van der Waals surface area (Å²) in [5.41, 5.74) is 5.76. The van der Waals surface area contributed by atoms with Crippen molar-refractivity contribution in [2.75, 3.05) is 0 Å². The zero-order valence-corrected chi connectivity index (χ0v) is 8.39. The molecule has 1 rings (SSSR count). The number of hydrogen-bond donors (Lipinski definition) is 3. The second kappa shape index (κ2) is 4.97. The van der Waals surface area contributed by atoms with Gasteiger partial charge >= 0.3 is 5.97 Å². The van der Waals surface area contributed by atoms with Gasteiger partial charge in [-0.25, -0.2) is 4.79 Å². The number of halogens is 1. The van der Waals surface area contributed by atoms with E-state index in [-0.39, 0.29) is 5.75 Å². The van der Waals surface area contributed by atoms with Crippen molar-refractivity contribution < 1.29 is 19.3 Å². The molecular formula is C9H10ClNO4. The first-order valence-electron chi connectivity index (χ1n) is 4.11. The molecule has 6 heteroatoms. The molecule has 1 unspecified atom stereocenters. The van der Waals surface area contributed by atoms with Crippen LogP contribution in [0.2, 0.25) is 0 Å². The quantitative estimate of drug-likeness (QED) is 0.702. The number of carbonyl (C=O) groups excluding carboxylic acids is 1. The Morgan fingerprint density at radius 1 is 1.40 bits per heavy atom. The van der Waals surface area contributed by atoms with E-state index in [0.717, 1.165) is 0 Å². The molecule has 5 nitrogen and oxygen atoms in total. The molecule has 1 aromatic carbocycles. The van der Waals surface area contributed by atoms with Crippen LogP contribution in [-0.4, -0.2) is 22.2 Å². The first-order valence-corrected chi connectivity index (χ1v) is 4.42. The summed E-state index contributed by atoms with van der Waals surface area (Å²) in [6.07, 6.45) is -1.23. The Labute approximate surface area is 91.2 Å². The van der Waals surface area contributed by atoms with E-state index in [1.165, 1.54) is 24.3 Å². The van der Waals surface area contributed by atoms with Gasteiger partial charge in [-0.15, -0.1) is 0 Å². The zero-order chi connectivity index (χ0) is 11.4. The number of aliphatic hydroxyl groups is 1. The molecule has 2 atom stereocenters. The molecule has 0 radical (unpaired) electrons. The molecule has 0 amide bonds. The SMILES string of the molecule is N[C@H](C(=O)OCl)C(O)c1ccc(O)cc1. The summed E-state index contributed by atoms with van der Waals surface area (Å²) in [6, 6.07) is 4.38. The van der Waals surface area contributed by atoms with Crippen molar-refractivity contribution >= 4 is 17.8 Å². The van der Waals surface area contributed by atoms with Crippen LogP contribution in [0.25, 0.3) is 0 Å². The van der Waals surface area contributed by atoms with Crippen molar-refractivity contribution in [1.29, 1.82) is 0 Å². The van der Waals surface area contributed by atoms with Crippen LogP contribution in [0.15, 0.2) is 24.3 Å². The van der Waals surface area contributed by atoms with Crippen LogP contribution < -0.4 is 5.73 Å². The Balaban J connectivity index is 2.80. The third-order valence-electron chi connectivity index (χ3n) is 1.92. The van der Waals surface area contributed by atoms with E-state index in [1.54, 1.807) is 0 Å². The number of rotatable bonds is 3. The second-order valence-electron chi connectivity index (χ2n) is 2.96. The Morgan fingerprint density at radius 2 is 1.93 bits per heavy atom. The number of aromatic hydroxyl groups is 1. The molecule has 1 aromatic rings. The highest BCUT2D eigenvalue weighted by Crippen LogP contribution is 2.19. The number of phenolic OH excluding ortho intramolecular Hbond substituents is 1.